The SMILES string of the molecule is Cl.O.O.O.O.O.O.O.O.O.O.O.O.O=[N+]([O-])O.[H-].[H-].[Mg+2].[Mg+2]. The van der Waals surface area contributed by atoms with E-state index in [1.807, 2.05) is 0 Å². The Bertz CT molecular complexity index is 52.7. The molecule has 0 saturated carbocycles. The van der Waals surface area contributed by atoms with E-state index in [0.29, 0.717) is 0 Å². The number of nitrogens with zero attached hydrogens (tertiary/aromatic N) is 1. The molecule has 0 aromatic rings. The second-order valence-corrected chi connectivity index (χ2v) is 0.238. The summed E-state index contributed by atoms with van der Waals surface area (Å²) in [6, 6.07) is 0. The van der Waals surface area contributed by atoms with Gasteiger partial charge in [0.05, 0.1) is 0 Å². The van der Waals surface area contributed by atoms with Crippen LogP contribution in [-0.4, -0.2) is 122 Å². The fourth-order valence-corrected chi connectivity index (χ4v) is 0. The van der Waals surface area contributed by atoms with E-state index in [1.54, 1.807) is 0 Å². The van der Waals surface area contributed by atoms with Crippen molar-refractivity contribution in [3.8, 4) is 0 Å². The molecule has 0 fully saturated rings. The maximum atomic E-state index is 8.36. The van der Waals surface area contributed by atoms with E-state index in [4.69, 9.17) is 15.3 Å². The van der Waals surface area contributed by atoms with E-state index < -0.39 is 5.09 Å². The van der Waals surface area contributed by atoms with Crippen LogP contribution in [0.25, 0.3) is 0 Å². The smallest absolute Gasteiger partial charge is 1.00 e. The number of hydrogen-bond donors (Lipinski definition) is 1. The van der Waals surface area contributed by atoms with Crippen LogP contribution in [0.2, 0.25) is 0 Å². The van der Waals surface area contributed by atoms with Crippen molar-refractivity contribution in [2.24, 2.45) is 0 Å². The molecule has 132 valence electrons. The zero-order valence-electron chi connectivity index (χ0n) is 11.5. The van der Waals surface area contributed by atoms with Gasteiger partial charge in [0.15, 0.2) is 0 Å². The fraction of sp³-hybridized carbons (Fsp3) is 0. The Hall–Kier alpha value is 0.542. The maximum absolute atomic E-state index is 8.36. The van der Waals surface area contributed by atoms with Gasteiger partial charge in [-0.1, -0.05) is 0 Å². The van der Waals surface area contributed by atoms with Gasteiger partial charge in [0.25, 0.3) is 5.09 Å². The molecule has 0 amide bonds. The topological polar surface area (TPSA) is 441 Å². The van der Waals surface area contributed by atoms with Crippen LogP contribution >= 0.6 is 12.4 Å². The van der Waals surface area contributed by atoms with Crippen molar-refractivity contribution in [2.75, 3.05) is 0 Å². The van der Waals surface area contributed by atoms with Crippen molar-refractivity contribution in [3.63, 3.8) is 0 Å². The third kappa shape index (κ3) is 17200. The predicted molar refractivity (Wildman–Crippen MR) is 73.1 cm³/mol. The van der Waals surface area contributed by atoms with Gasteiger partial charge >= 0.3 is 46.1 Å². The Kier molecular flexibility index (Phi) is 12800. The van der Waals surface area contributed by atoms with Gasteiger partial charge in [0.2, 0.25) is 0 Å². The molecule has 0 aromatic carbocycles. The standard InChI is InChI=1S/ClH.2Mg.HNO3.12H2O.2H/c;;;2-1(3)4;;;;;;;;;;;;;;/h1H;;;(H,2,3,4);12*1H2;;/q;2*+2;;;;;;;;;;;;;;2*-1. The summed E-state index contributed by atoms with van der Waals surface area (Å²) in [6.07, 6.45) is 0. The Morgan fingerprint density at radius 1 is 0.632 bits per heavy atom. The number of rotatable bonds is 0. The first-order valence-corrected chi connectivity index (χ1v) is 0.565. The molecule has 19 heavy (non-hydrogen) atoms. The molecule has 0 saturated heterocycles. The van der Waals surface area contributed by atoms with Crippen LogP contribution in [0.5, 0.6) is 0 Å². The Labute approximate surface area is 147 Å². The van der Waals surface area contributed by atoms with Gasteiger partial charge in [-0.3, -0.25) is 0 Å². The third-order valence-corrected chi connectivity index (χ3v) is 0. The summed E-state index contributed by atoms with van der Waals surface area (Å²) in [5.41, 5.74) is 0. The maximum Gasteiger partial charge on any atom is 2.00 e. The Morgan fingerprint density at radius 3 is 0.632 bits per heavy atom. The van der Waals surface area contributed by atoms with Crippen LogP contribution in [0.3, 0.4) is 0 Å². The Morgan fingerprint density at radius 2 is 0.632 bits per heavy atom. The predicted octanol–water partition coefficient (Wildman–Crippen LogP) is -10.4. The van der Waals surface area contributed by atoms with Crippen molar-refractivity contribution in [3.05, 3.63) is 10.1 Å². The van der Waals surface area contributed by atoms with Crippen LogP contribution in [-0.2, 0) is 0 Å². The largest absolute Gasteiger partial charge is 2.00 e. The molecular weight excluding hydrogens is 338 g/mol. The first-order valence-electron chi connectivity index (χ1n) is 0.565. The zero-order chi connectivity index (χ0) is 3.58. The molecule has 25 N–H and O–H groups in total. The average molecular weight is 366 g/mol. The third-order valence-electron chi connectivity index (χ3n) is 0. The molecule has 0 atom stereocenters. The van der Waals surface area contributed by atoms with Crippen molar-refractivity contribution >= 4 is 58.5 Å². The molecule has 0 aliphatic rings. The molecule has 0 bridgehead atoms. The summed E-state index contributed by atoms with van der Waals surface area (Å²) in [4.78, 5) is 8.36. The first kappa shape index (κ1) is 535. The molecule has 19 heteroatoms. The van der Waals surface area contributed by atoms with Crippen LogP contribution in [0.15, 0.2) is 0 Å². The molecular formula is H28ClMg2NO15+2. The molecule has 0 unspecified atom stereocenters. The molecule has 0 rings (SSSR count). The van der Waals surface area contributed by atoms with Gasteiger partial charge in [-0.15, -0.1) is 22.5 Å². The quantitative estimate of drug-likeness (QED) is 0.248. The molecule has 0 radical (unpaired) electrons. The van der Waals surface area contributed by atoms with E-state index in [-0.39, 0.29) is 127 Å². The summed E-state index contributed by atoms with van der Waals surface area (Å²) in [7, 11) is 0. The van der Waals surface area contributed by atoms with Crippen LogP contribution < -0.4 is 0 Å². The summed E-state index contributed by atoms with van der Waals surface area (Å²) in [5.74, 6) is 0. The minimum atomic E-state index is -1.50. The average Bonchev–Trinajstić information content (AvgIpc) is 0.811. The van der Waals surface area contributed by atoms with Crippen LogP contribution in [0.1, 0.15) is 2.85 Å². The van der Waals surface area contributed by atoms with E-state index >= 15 is 0 Å². The van der Waals surface area contributed by atoms with Gasteiger partial charge < -0.3 is 73.8 Å². The van der Waals surface area contributed by atoms with Gasteiger partial charge in [-0.25, -0.2) is 0 Å². The minimum Gasteiger partial charge on any atom is -1.00 e. The van der Waals surface area contributed by atoms with Gasteiger partial charge in [-0.2, -0.15) is 0 Å². The van der Waals surface area contributed by atoms with E-state index in [9.17, 15) is 0 Å². The van der Waals surface area contributed by atoms with Crippen molar-refractivity contribution in [1.82, 2.24) is 0 Å². The first-order chi connectivity index (χ1) is 1.73. The van der Waals surface area contributed by atoms with Crippen molar-refractivity contribution < 1.29 is 78.9 Å². The van der Waals surface area contributed by atoms with E-state index in [1.165, 1.54) is 0 Å². The van der Waals surface area contributed by atoms with E-state index in [2.05, 4.69) is 0 Å². The molecule has 0 aromatic heterocycles. The van der Waals surface area contributed by atoms with Gasteiger partial charge in [-0.05, 0) is 0 Å². The second-order valence-electron chi connectivity index (χ2n) is 0.238. The normalized spacial score (nSPS) is 1.26. The van der Waals surface area contributed by atoms with Crippen molar-refractivity contribution in [2.45, 2.75) is 0 Å². The molecule has 16 nitrogen and oxygen atoms in total. The molecule has 0 heterocycles. The molecule has 0 aliphatic heterocycles. The fourth-order valence-electron chi connectivity index (χ4n) is 0. The summed E-state index contributed by atoms with van der Waals surface area (Å²) in [6.45, 7) is 0. The molecule has 0 aliphatic carbocycles. The number of halogens is 1. The second kappa shape index (κ2) is 455. The van der Waals surface area contributed by atoms with E-state index in [0.717, 1.165) is 0 Å². The van der Waals surface area contributed by atoms with Crippen molar-refractivity contribution in [1.29, 1.82) is 0 Å². The monoisotopic (exact) mass is 365 g/mol. The minimum absolute atomic E-state index is 0. The van der Waals surface area contributed by atoms with Gasteiger partial charge in [0, 0.05) is 0 Å². The summed E-state index contributed by atoms with van der Waals surface area (Å²) in [5, 5.41) is 13.6. The van der Waals surface area contributed by atoms with Crippen LogP contribution in [0, 0.1) is 10.1 Å². The summed E-state index contributed by atoms with van der Waals surface area (Å²) < 4.78 is 0. The molecule has 0 spiro atoms. The number of hydrogen-bond acceptors (Lipinski definition) is 2. The zero-order valence-corrected chi connectivity index (χ0v) is 13.2. The van der Waals surface area contributed by atoms with Gasteiger partial charge in [0.1, 0.15) is 0 Å². The summed E-state index contributed by atoms with van der Waals surface area (Å²) >= 11 is 0. The van der Waals surface area contributed by atoms with Crippen LogP contribution in [0.4, 0.5) is 0 Å². The Balaban J connectivity index is -0.000000000331.